The predicted molar refractivity (Wildman–Crippen MR) is 86.0 cm³/mol. The second kappa shape index (κ2) is 7.09. The van der Waals surface area contributed by atoms with Crippen LogP contribution in [0.5, 0.6) is 5.88 Å². The first-order chi connectivity index (χ1) is 10.1. The third kappa shape index (κ3) is 3.66. The van der Waals surface area contributed by atoms with Gasteiger partial charge in [-0.25, -0.2) is 4.98 Å². The molecule has 0 saturated heterocycles. The Morgan fingerprint density at radius 3 is 2.71 bits per heavy atom. The highest BCUT2D eigenvalue weighted by molar-refractivity contribution is 6.16. The monoisotopic (exact) mass is 310 g/mol. The fourth-order valence-corrected chi connectivity index (χ4v) is 2.42. The van der Waals surface area contributed by atoms with Crippen molar-refractivity contribution in [1.29, 1.82) is 0 Å². The highest BCUT2D eigenvalue weighted by Crippen LogP contribution is 2.19. The molecule has 0 aromatic carbocycles. The molecule has 0 radical (unpaired) electrons. The molecule has 0 unspecified atom stereocenters. The zero-order valence-corrected chi connectivity index (χ0v) is 13.9. The first kappa shape index (κ1) is 16.0. The van der Waals surface area contributed by atoms with E-state index >= 15 is 0 Å². The molecule has 0 aliphatic carbocycles. The molecule has 0 fully saturated rings. The number of hydrogen-bond donors (Lipinski definition) is 0. The van der Waals surface area contributed by atoms with Gasteiger partial charge in [0.2, 0.25) is 5.88 Å². The molecule has 21 heavy (non-hydrogen) atoms. The van der Waals surface area contributed by atoms with Gasteiger partial charge in [-0.15, -0.1) is 11.6 Å². The fraction of sp³-hybridized carbons (Fsp3) is 0.600. The van der Waals surface area contributed by atoms with E-state index < -0.39 is 0 Å². The maximum Gasteiger partial charge on any atom is 0.215 e. The van der Waals surface area contributed by atoms with Gasteiger partial charge in [-0.1, -0.05) is 0 Å². The second-order valence-corrected chi connectivity index (χ2v) is 5.70. The van der Waals surface area contributed by atoms with Crippen LogP contribution in [0, 0.1) is 0 Å². The highest BCUT2D eigenvalue weighted by atomic mass is 35.5. The Morgan fingerprint density at radius 1 is 1.33 bits per heavy atom. The molecule has 0 aliphatic rings. The van der Waals surface area contributed by atoms with Crippen LogP contribution in [0.3, 0.4) is 0 Å². The Hall–Kier alpha value is -1.33. The van der Waals surface area contributed by atoms with Crippen molar-refractivity contribution in [1.82, 2.24) is 19.4 Å². The van der Waals surface area contributed by atoms with E-state index in [2.05, 4.69) is 40.3 Å². The van der Waals surface area contributed by atoms with Crippen LogP contribution in [0.25, 0.3) is 11.2 Å². The van der Waals surface area contributed by atoms with Gasteiger partial charge in [-0.2, -0.15) is 4.98 Å². The van der Waals surface area contributed by atoms with Crippen molar-refractivity contribution in [3.63, 3.8) is 0 Å². The summed E-state index contributed by atoms with van der Waals surface area (Å²) in [6.45, 7) is 6.28. The molecule has 116 valence electrons. The van der Waals surface area contributed by atoms with Gasteiger partial charge < -0.3 is 14.2 Å². The van der Waals surface area contributed by atoms with Crippen molar-refractivity contribution in [3.8, 4) is 5.88 Å². The van der Waals surface area contributed by atoms with E-state index in [1.54, 1.807) is 7.11 Å². The number of aromatic nitrogens is 3. The van der Waals surface area contributed by atoms with Crippen LogP contribution in [0.15, 0.2) is 12.1 Å². The summed E-state index contributed by atoms with van der Waals surface area (Å²) >= 11 is 6.02. The average molecular weight is 311 g/mol. The van der Waals surface area contributed by atoms with E-state index in [0.29, 0.717) is 17.8 Å². The summed E-state index contributed by atoms with van der Waals surface area (Å²) in [5, 5.41) is 0. The Kier molecular flexibility index (Phi) is 5.42. The maximum absolute atomic E-state index is 6.02. The van der Waals surface area contributed by atoms with E-state index in [4.69, 9.17) is 16.3 Å². The summed E-state index contributed by atoms with van der Waals surface area (Å²) in [6.07, 6.45) is 1.03. The Morgan fingerprint density at radius 2 is 2.10 bits per heavy atom. The smallest absolute Gasteiger partial charge is 0.215 e. The molecule has 0 N–H and O–H groups in total. The van der Waals surface area contributed by atoms with Gasteiger partial charge in [0.05, 0.1) is 13.0 Å². The third-order valence-electron chi connectivity index (χ3n) is 3.75. The number of pyridine rings is 1. The minimum Gasteiger partial charge on any atom is -0.481 e. The Balaban J connectivity index is 2.20. The summed E-state index contributed by atoms with van der Waals surface area (Å²) in [5.41, 5.74) is 1.71. The number of alkyl halides is 1. The number of ether oxygens (including phenoxy) is 1. The number of hydrogen-bond acceptors (Lipinski definition) is 4. The summed E-state index contributed by atoms with van der Waals surface area (Å²) in [4.78, 5) is 11.4. The molecule has 2 rings (SSSR count). The van der Waals surface area contributed by atoms with Crippen molar-refractivity contribution in [2.24, 2.45) is 0 Å². The molecule has 5 nitrogen and oxygen atoms in total. The van der Waals surface area contributed by atoms with Crippen LogP contribution in [0.1, 0.15) is 26.1 Å². The lowest BCUT2D eigenvalue weighted by molar-refractivity contribution is 0.265. The Bertz CT molecular complexity index is 597. The topological polar surface area (TPSA) is 43.2 Å². The first-order valence-electron chi connectivity index (χ1n) is 7.23. The van der Waals surface area contributed by atoms with Gasteiger partial charge in [0, 0.05) is 18.7 Å². The first-order valence-corrected chi connectivity index (χ1v) is 7.76. The quantitative estimate of drug-likeness (QED) is 0.738. The lowest BCUT2D eigenvalue weighted by Crippen LogP contribution is -2.28. The van der Waals surface area contributed by atoms with Crippen molar-refractivity contribution in [2.75, 3.05) is 20.7 Å². The van der Waals surface area contributed by atoms with Gasteiger partial charge in [0.25, 0.3) is 0 Å². The normalized spacial score (nSPS) is 11.8. The molecule has 0 spiro atoms. The summed E-state index contributed by atoms with van der Waals surface area (Å²) in [5.74, 6) is 1.85. The summed E-state index contributed by atoms with van der Waals surface area (Å²) in [7, 11) is 3.76. The van der Waals surface area contributed by atoms with E-state index in [-0.39, 0.29) is 0 Å². The van der Waals surface area contributed by atoms with Crippen molar-refractivity contribution in [3.05, 3.63) is 18.0 Å². The summed E-state index contributed by atoms with van der Waals surface area (Å²) in [6, 6.07) is 4.30. The largest absolute Gasteiger partial charge is 0.481 e. The van der Waals surface area contributed by atoms with E-state index in [1.165, 1.54) is 0 Å². The third-order valence-corrected chi connectivity index (χ3v) is 3.99. The molecule has 0 aliphatic heterocycles. The number of nitrogens with zero attached hydrogens (tertiary/aromatic N) is 4. The van der Waals surface area contributed by atoms with Crippen molar-refractivity contribution >= 4 is 22.8 Å². The SMILES string of the molecule is COc1ccc2nc(CCl)n(CCCN(C)C(C)C)c2n1. The van der Waals surface area contributed by atoms with Crippen LogP contribution >= 0.6 is 11.6 Å². The number of halogens is 1. The van der Waals surface area contributed by atoms with Crippen LogP contribution in [-0.2, 0) is 12.4 Å². The molecule has 0 amide bonds. The van der Waals surface area contributed by atoms with Crippen LogP contribution in [0.2, 0.25) is 0 Å². The summed E-state index contributed by atoms with van der Waals surface area (Å²) < 4.78 is 7.30. The van der Waals surface area contributed by atoms with Gasteiger partial charge in [0.15, 0.2) is 5.65 Å². The zero-order valence-electron chi connectivity index (χ0n) is 13.1. The number of aryl methyl sites for hydroxylation is 1. The molecule has 2 aromatic rings. The maximum atomic E-state index is 6.02. The fourth-order valence-electron chi connectivity index (χ4n) is 2.22. The zero-order chi connectivity index (χ0) is 15.4. The average Bonchev–Trinajstić information content (AvgIpc) is 2.84. The number of rotatable bonds is 7. The molecule has 0 saturated carbocycles. The Labute approximate surface area is 130 Å². The van der Waals surface area contributed by atoms with E-state index in [0.717, 1.165) is 36.5 Å². The highest BCUT2D eigenvalue weighted by Gasteiger charge is 2.12. The van der Waals surface area contributed by atoms with Crippen LogP contribution < -0.4 is 4.74 Å². The predicted octanol–water partition coefficient (Wildman–Crippen LogP) is 2.91. The van der Waals surface area contributed by atoms with Crippen LogP contribution in [0.4, 0.5) is 0 Å². The number of methoxy groups -OCH3 is 1. The van der Waals surface area contributed by atoms with E-state index in [1.807, 2.05) is 12.1 Å². The van der Waals surface area contributed by atoms with Gasteiger partial charge in [-0.05, 0) is 39.9 Å². The van der Waals surface area contributed by atoms with Gasteiger partial charge in [0.1, 0.15) is 11.3 Å². The van der Waals surface area contributed by atoms with E-state index in [9.17, 15) is 0 Å². The van der Waals surface area contributed by atoms with Crippen molar-refractivity contribution < 1.29 is 4.74 Å². The molecule has 0 atom stereocenters. The lowest BCUT2D eigenvalue weighted by atomic mass is 10.3. The lowest BCUT2D eigenvalue weighted by Gasteiger charge is -2.21. The molecular weight excluding hydrogens is 288 g/mol. The van der Waals surface area contributed by atoms with Gasteiger partial charge >= 0.3 is 0 Å². The molecular formula is C15H23ClN4O. The minimum atomic E-state index is 0.388. The molecule has 0 bridgehead atoms. The van der Waals surface area contributed by atoms with Crippen molar-refractivity contribution in [2.45, 2.75) is 38.7 Å². The molecule has 2 heterocycles. The second-order valence-electron chi connectivity index (χ2n) is 5.44. The van der Waals surface area contributed by atoms with Crippen LogP contribution in [-0.4, -0.2) is 46.2 Å². The minimum absolute atomic E-state index is 0.388. The molecule has 2 aromatic heterocycles. The van der Waals surface area contributed by atoms with Gasteiger partial charge in [-0.3, -0.25) is 0 Å². The number of fused-ring (bicyclic) bond motifs is 1. The molecule has 6 heteroatoms. The number of imidazole rings is 1. The standard InChI is InChI=1S/C15H23ClN4O/c1-11(2)19(3)8-5-9-20-13(10-16)17-12-6-7-14(21-4)18-15(12)20/h6-7,11H,5,8-10H2,1-4H3.